The van der Waals surface area contributed by atoms with E-state index in [1.165, 1.54) is 0 Å². The zero-order valence-corrected chi connectivity index (χ0v) is 11.5. The number of hydrogen-bond acceptors (Lipinski definition) is 3. The van der Waals surface area contributed by atoms with Gasteiger partial charge in [0.15, 0.2) is 0 Å². The molecule has 0 aliphatic carbocycles. The molecule has 1 rings (SSSR count). The van der Waals surface area contributed by atoms with Crippen LogP contribution in [0.5, 0.6) is 0 Å². The molecule has 1 aromatic rings. The molecule has 0 unspecified atom stereocenters. The third-order valence-electron chi connectivity index (χ3n) is 2.33. The molecule has 17 heavy (non-hydrogen) atoms. The molecule has 1 aromatic carbocycles. The molecule has 0 radical (unpaired) electrons. The molecule has 0 saturated heterocycles. The minimum absolute atomic E-state index is 0.389. The molecule has 4 nitrogen and oxygen atoms in total. The molecule has 96 valence electrons. The molecule has 0 amide bonds. The van der Waals surface area contributed by atoms with Crippen molar-refractivity contribution in [3.05, 3.63) is 24.3 Å². The molecule has 0 aliphatic heterocycles. The van der Waals surface area contributed by atoms with Crippen molar-refractivity contribution in [2.75, 3.05) is 15.3 Å². The first-order valence-corrected chi connectivity index (χ1v) is 7.58. The smallest absolute Gasteiger partial charge is 0.246 e. The van der Waals surface area contributed by atoms with Crippen molar-refractivity contribution >= 4 is 33.0 Å². The number of alkyl halides is 1. The fourth-order valence-corrected chi connectivity index (χ4v) is 1.94. The van der Waals surface area contributed by atoms with Crippen molar-refractivity contribution in [1.82, 2.24) is 0 Å². The maximum Gasteiger partial charge on any atom is 0.246 e. The average molecular weight is 277 g/mol. The standard InChI is InChI=1S/C11H17ClN2O2S/c1-3-9(2)13-10-4-6-11(7-5-10)14-17(15,16)8-12/h4-7,9,13-14H,3,8H2,1-2H3/t9-/m1/s1. The van der Waals surface area contributed by atoms with Crippen molar-refractivity contribution in [3.8, 4) is 0 Å². The van der Waals surface area contributed by atoms with E-state index in [0.717, 1.165) is 12.1 Å². The van der Waals surface area contributed by atoms with E-state index in [1.54, 1.807) is 12.1 Å². The van der Waals surface area contributed by atoms with E-state index in [0.29, 0.717) is 11.7 Å². The highest BCUT2D eigenvalue weighted by atomic mass is 35.5. The van der Waals surface area contributed by atoms with Gasteiger partial charge >= 0.3 is 0 Å². The maximum atomic E-state index is 11.2. The quantitative estimate of drug-likeness (QED) is 0.786. The van der Waals surface area contributed by atoms with Gasteiger partial charge in [-0.2, -0.15) is 0 Å². The third-order valence-corrected chi connectivity index (χ3v) is 4.02. The summed E-state index contributed by atoms with van der Waals surface area (Å²) in [7, 11) is -3.42. The third kappa shape index (κ3) is 4.83. The second-order valence-corrected chi connectivity index (χ2v) is 6.16. The first kappa shape index (κ1) is 14.1. The molecule has 0 fully saturated rings. The van der Waals surface area contributed by atoms with E-state index in [9.17, 15) is 8.42 Å². The number of benzene rings is 1. The molecule has 1 atom stereocenters. The molecule has 0 saturated carbocycles. The highest BCUT2D eigenvalue weighted by molar-refractivity contribution is 7.93. The summed E-state index contributed by atoms with van der Waals surface area (Å²) in [6.45, 7) is 4.19. The van der Waals surface area contributed by atoms with Crippen LogP contribution in [0.3, 0.4) is 0 Å². The zero-order chi connectivity index (χ0) is 12.9. The van der Waals surface area contributed by atoms with Crippen molar-refractivity contribution in [2.24, 2.45) is 0 Å². The van der Waals surface area contributed by atoms with Gasteiger partial charge in [0.1, 0.15) is 5.21 Å². The Morgan fingerprint density at radius 2 is 1.76 bits per heavy atom. The number of halogens is 1. The average Bonchev–Trinajstić information content (AvgIpc) is 2.31. The number of anilines is 2. The first-order valence-electron chi connectivity index (χ1n) is 5.40. The number of sulfonamides is 1. The number of nitrogens with one attached hydrogen (secondary N) is 2. The van der Waals surface area contributed by atoms with Crippen molar-refractivity contribution < 1.29 is 8.42 Å². The highest BCUT2D eigenvalue weighted by Gasteiger charge is 2.07. The van der Waals surface area contributed by atoms with Crippen LogP contribution in [-0.4, -0.2) is 19.7 Å². The summed E-state index contributed by atoms with van der Waals surface area (Å²) >= 11 is 5.30. The predicted octanol–water partition coefficient (Wildman–Crippen LogP) is 2.84. The molecule has 0 aromatic heterocycles. The minimum atomic E-state index is -3.42. The van der Waals surface area contributed by atoms with Gasteiger partial charge in [-0.25, -0.2) is 8.42 Å². The van der Waals surface area contributed by atoms with Gasteiger partial charge in [-0.1, -0.05) is 6.92 Å². The maximum absolute atomic E-state index is 11.2. The lowest BCUT2D eigenvalue weighted by Gasteiger charge is -2.13. The topological polar surface area (TPSA) is 58.2 Å². The molecular formula is C11H17ClN2O2S. The van der Waals surface area contributed by atoms with E-state index in [1.807, 2.05) is 12.1 Å². The molecular weight excluding hydrogens is 260 g/mol. The van der Waals surface area contributed by atoms with Crippen LogP contribution in [0.15, 0.2) is 24.3 Å². The van der Waals surface area contributed by atoms with Crippen LogP contribution >= 0.6 is 11.6 Å². The Kier molecular flexibility index (Phi) is 5.08. The van der Waals surface area contributed by atoms with E-state index in [4.69, 9.17) is 11.6 Å². The van der Waals surface area contributed by atoms with Gasteiger partial charge in [0, 0.05) is 17.4 Å². The van der Waals surface area contributed by atoms with Crippen molar-refractivity contribution in [1.29, 1.82) is 0 Å². The molecule has 0 aliphatic rings. The lowest BCUT2D eigenvalue weighted by molar-refractivity contribution is 0.605. The van der Waals surface area contributed by atoms with Gasteiger partial charge in [-0.3, -0.25) is 4.72 Å². The first-order chi connectivity index (χ1) is 7.96. The van der Waals surface area contributed by atoms with Gasteiger partial charge in [-0.15, -0.1) is 11.6 Å². The zero-order valence-electron chi connectivity index (χ0n) is 9.90. The Labute approximate surface area is 107 Å². The Hall–Kier alpha value is -0.940. The van der Waals surface area contributed by atoms with Crippen LogP contribution in [0.1, 0.15) is 20.3 Å². The van der Waals surface area contributed by atoms with Gasteiger partial charge < -0.3 is 5.32 Å². The molecule has 6 heteroatoms. The second kappa shape index (κ2) is 6.12. The second-order valence-electron chi connectivity index (χ2n) is 3.86. The van der Waals surface area contributed by atoms with Gasteiger partial charge in [0.2, 0.25) is 10.0 Å². The summed E-state index contributed by atoms with van der Waals surface area (Å²) in [5.74, 6) is 0. The number of hydrogen-bond donors (Lipinski definition) is 2. The molecule has 0 bridgehead atoms. The van der Waals surface area contributed by atoms with Crippen molar-refractivity contribution in [3.63, 3.8) is 0 Å². The number of rotatable bonds is 6. The Morgan fingerprint density at radius 1 is 1.24 bits per heavy atom. The summed E-state index contributed by atoms with van der Waals surface area (Å²) in [5, 5.41) is 2.85. The summed E-state index contributed by atoms with van der Waals surface area (Å²) < 4.78 is 24.8. The van der Waals surface area contributed by atoms with E-state index >= 15 is 0 Å². The summed E-state index contributed by atoms with van der Waals surface area (Å²) in [6, 6.07) is 7.46. The lowest BCUT2D eigenvalue weighted by Crippen LogP contribution is -2.14. The largest absolute Gasteiger partial charge is 0.383 e. The Morgan fingerprint density at radius 3 is 2.24 bits per heavy atom. The molecule has 0 heterocycles. The highest BCUT2D eigenvalue weighted by Crippen LogP contribution is 2.16. The van der Waals surface area contributed by atoms with Crippen LogP contribution in [0.25, 0.3) is 0 Å². The fourth-order valence-electron chi connectivity index (χ4n) is 1.23. The molecule has 0 spiro atoms. The van der Waals surface area contributed by atoms with Crippen LogP contribution in [0.2, 0.25) is 0 Å². The SMILES string of the molecule is CC[C@@H](C)Nc1ccc(NS(=O)(=O)CCl)cc1. The van der Waals surface area contributed by atoms with Gasteiger partial charge in [0.25, 0.3) is 0 Å². The van der Waals surface area contributed by atoms with Crippen molar-refractivity contribution in [2.45, 2.75) is 26.3 Å². The van der Waals surface area contributed by atoms with Gasteiger partial charge in [0.05, 0.1) is 0 Å². The summed E-state index contributed by atoms with van der Waals surface area (Å²) in [6.07, 6.45) is 1.03. The van der Waals surface area contributed by atoms with Crippen LogP contribution < -0.4 is 10.0 Å². The van der Waals surface area contributed by atoms with E-state index in [2.05, 4.69) is 23.9 Å². The summed E-state index contributed by atoms with van der Waals surface area (Å²) in [5.41, 5.74) is 1.48. The fraction of sp³-hybridized carbons (Fsp3) is 0.455. The lowest BCUT2D eigenvalue weighted by atomic mass is 10.2. The minimum Gasteiger partial charge on any atom is -0.383 e. The van der Waals surface area contributed by atoms with Gasteiger partial charge in [-0.05, 0) is 37.6 Å². The van der Waals surface area contributed by atoms with Crippen LogP contribution in [0, 0.1) is 0 Å². The normalized spacial score (nSPS) is 13.1. The van der Waals surface area contributed by atoms with Crippen LogP contribution in [-0.2, 0) is 10.0 Å². The molecule has 2 N–H and O–H groups in total. The van der Waals surface area contributed by atoms with E-state index in [-0.39, 0.29) is 0 Å². The monoisotopic (exact) mass is 276 g/mol. The van der Waals surface area contributed by atoms with E-state index < -0.39 is 15.2 Å². The predicted molar refractivity (Wildman–Crippen MR) is 73.1 cm³/mol. The Bertz CT molecular complexity index is 445. The Balaban J connectivity index is 2.68. The van der Waals surface area contributed by atoms with Crippen LogP contribution in [0.4, 0.5) is 11.4 Å². The summed E-state index contributed by atoms with van der Waals surface area (Å²) in [4.78, 5) is 0.